The van der Waals surface area contributed by atoms with Crippen LogP contribution in [0, 0.1) is 23.7 Å². The summed E-state index contributed by atoms with van der Waals surface area (Å²) in [5.41, 5.74) is 0.658. The summed E-state index contributed by atoms with van der Waals surface area (Å²) in [4.78, 5) is 23.9. The van der Waals surface area contributed by atoms with E-state index < -0.39 is 17.8 Å². The van der Waals surface area contributed by atoms with Gasteiger partial charge in [-0.05, 0) is 68.3 Å². The largest absolute Gasteiger partial charge is 0.481 e. The zero-order valence-corrected chi connectivity index (χ0v) is 14.1. The summed E-state index contributed by atoms with van der Waals surface area (Å²) in [6.45, 7) is 0. The minimum atomic E-state index is -0.885. The highest BCUT2D eigenvalue weighted by atomic mass is 79.9. The van der Waals surface area contributed by atoms with Gasteiger partial charge in [-0.2, -0.15) is 0 Å². The number of allylic oxidation sites excluding steroid dienone is 2. The lowest BCUT2D eigenvalue weighted by atomic mass is 9.82. The molecule has 2 N–H and O–H groups in total. The smallest absolute Gasteiger partial charge is 0.307 e. The average molecular weight is 415 g/mol. The summed E-state index contributed by atoms with van der Waals surface area (Å²) in [6.07, 6.45) is 4.67. The number of fused-ring (bicyclic) bond motifs is 2. The van der Waals surface area contributed by atoms with Gasteiger partial charge >= 0.3 is 5.97 Å². The first kappa shape index (κ1) is 14.8. The molecule has 1 fully saturated rings. The van der Waals surface area contributed by atoms with Crippen molar-refractivity contribution in [1.29, 1.82) is 0 Å². The number of hydrogen-bond donors (Lipinski definition) is 2. The van der Waals surface area contributed by atoms with Crippen molar-refractivity contribution in [3.63, 3.8) is 0 Å². The third-order valence-electron chi connectivity index (χ3n) is 4.23. The summed E-state index contributed by atoms with van der Waals surface area (Å²) in [6, 6.07) is 5.40. The molecule has 3 rings (SSSR count). The number of carboxylic acids is 1. The molecule has 1 amide bonds. The van der Waals surface area contributed by atoms with Crippen molar-refractivity contribution in [3.8, 4) is 0 Å². The van der Waals surface area contributed by atoms with E-state index in [0.29, 0.717) is 5.69 Å². The van der Waals surface area contributed by atoms with Gasteiger partial charge in [0.2, 0.25) is 5.91 Å². The molecular weight excluding hydrogens is 402 g/mol. The van der Waals surface area contributed by atoms with Crippen LogP contribution in [0.25, 0.3) is 0 Å². The molecule has 4 nitrogen and oxygen atoms in total. The van der Waals surface area contributed by atoms with Crippen LogP contribution >= 0.6 is 31.9 Å². The molecule has 2 bridgehead atoms. The molecule has 0 unspecified atom stereocenters. The van der Waals surface area contributed by atoms with Gasteiger partial charge in [0.15, 0.2) is 0 Å². The fourth-order valence-electron chi connectivity index (χ4n) is 3.32. The van der Waals surface area contributed by atoms with Gasteiger partial charge < -0.3 is 10.4 Å². The third kappa shape index (κ3) is 2.66. The van der Waals surface area contributed by atoms with Crippen LogP contribution in [0.1, 0.15) is 6.42 Å². The Balaban J connectivity index is 1.80. The molecule has 0 aliphatic heterocycles. The van der Waals surface area contributed by atoms with Gasteiger partial charge in [0.05, 0.1) is 11.8 Å². The van der Waals surface area contributed by atoms with Crippen LogP contribution in [0.2, 0.25) is 0 Å². The predicted octanol–water partition coefficient (Wildman–Crippen LogP) is 3.67. The predicted molar refractivity (Wildman–Crippen MR) is 85.8 cm³/mol. The van der Waals surface area contributed by atoms with Crippen LogP contribution in [0.4, 0.5) is 5.69 Å². The number of halogens is 2. The normalized spacial score (nSPS) is 29.6. The van der Waals surface area contributed by atoms with Gasteiger partial charge in [-0.25, -0.2) is 0 Å². The van der Waals surface area contributed by atoms with Crippen LogP contribution in [0.15, 0.2) is 39.3 Å². The third-order valence-corrected chi connectivity index (χ3v) is 6.11. The van der Waals surface area contributed by atoms with Crippen molar-refractivity contribution in [2.24, 2.45) is 23.7 Å². The second kappa shape index (κ2) is 5.57. The van der Waals surface area contributed by atoms with Gasteiger partial charge in [0.1, 0.15) is 0 Å². The van der Waals surface area contributed by atoms with Crippen molar-refractivity contribution in [1.82, 2.24) is 0 Å². The van der Waals surface area contributed by atoms with Crippen molar-refractivity contribution in [3.05, 3.63) is 39.3 Å². The maximum atomic E-state index is 12.5. The Kier molecular flexibility index (Phi) is 3.92. The van der Waals surface area contributed by atoms with Crippen LogP contribution in [0.3, 0.4) is 0 Å². The topological polar surface area (TPSA) is 66.4 Å². The number of carboxylic acid groups (broad SMARTS) is 1. The molecule has 0 heterocycles. The van der Waals surface area contributed by atoms with Crippen LogP contribution in [0.5, 0.6) is 0 Å². The fraction of sp³-hybridized carbons (Fsp3) is 0.333. The van der Waals surface area contributed by atoms with E-state index in [1.165, 1.54) is 0 Å². The molecule has 0 saturated heterocycles. The van der Waals surface area contributed by atoms with Gasteiger partial charge in [0, 0.05) is 14.6 Å². The highest BCUT2D eigenvalue weighted by Gasteiger charge is 2.51. The first-order valence-corrected chi connectivity index (χ1v) is 8.23. The maximum Gasteiger partial charge on any atom is 0.307 e. The monoisotopic (exact) mass is 413 g/mol. The van der Waals surface area contributed by atoms with Gasteiger partial charge in [0.25, 0.3) is 0 Å². The number of amides is 1. The molecule has 0 aromatic heterocycles. The average Bonchev–Trinajstić information content (AvgIpc) is 3.03. The first-order valence-electron chi connectivity index (χ1n) is 6.64. The number of rotatable bonds is 3. The van der Waals surface area contributed by atoms with Gasteiger partial charge in [-0.1, -0.05) is 12.2 Å². The minimum Gasteiger partial charge on any atom is -0.481 e. The van der Waals surface area contributed by atoms with Crippen molar-refractivity contribution in [2.45, 2.75) is 6.42 Å². The number of nitrogens with one attached hydrogen (secondary N) is 1. The molecular formula is C15H13Br2NO3. The lowest BCUT2D eigenvalue weighted by molar-refractivity contribution is -0.146. The molecule has 0 spiro atoms. The van der Waals surface area contributed by atoms with Crippen molar-refractivity contribution in [2.75, 3.05) is 5.32 Å². The summed E-state index contributed by atoms with van der Waals surface area (Å²) >= 11 is 6.75. The van der Waals surface area contributed by atoms with E-state index in [9.17, 15) is 14.7 Å². The lowest BCUT2D eigenvalue weighted by Crippen LogP contribution is -2.36. The molecule has 110 valence electrons. The Hall–Kier alpha value is -1.14. The SMILES string of the molecule is O=C(O)[C@@H]1[C@@H](C(=O)Nc2ccc(Br)c(Br)c2)[C@H]2C=C[C@@H]1C2. The summed E-state index contributed by atoms with van der Waals surface area (Å²) in [5, 5.41) is 12.2. The molecule has 2 aliphatic rings. The molecule has 21 heavy (non-hydrogen) atoms. The van der Waals surface area contributed by atoms with Crippen molar-refractivity contribution < 1.29 is 14.7 Å². The standard InChI is InChI=1S/C15H13Br2NO3/c16-10-4-3-9(6-11(10)17)18-14(19)12-7-1-2-8(5-7)13(12)15(20)21/h1-4,6-8,12-13H,5H2,(H,18,19)(H,20,21)/t7-,8+,12-,13-/m0/s1. The van der Waals surface area contributed by atoms with E-state index in [0.717, 1.165) is 15.4 Å². The molecule has 6 heteroatoms. The Morgan fingerprint density at radius 3 is 2.38 bits per heavy atom. The number of carbonyl (C=O) groups is 2. The molecule has 4 atom stereocenters. The molecule has 1 aromatic rings. The van der Waals surface area contributed by atoms with E-state index in [1.54, 1.807) is 12.1 Å². The molecule has 1 aromatic carbocycles. The zero-order valence-electron chi connectivity index (χ0n) is 10.9. The number of benzene rings is 1. The zero-order chi connectivity index (χ0) is 15.1. The summed E-state index contributed by atoms with van der Waals surface area (Å²) in [7, 11) is 0. The van der Waals surface area contributed by atoms with E-state index in [1.807, 2.05) is 18.2 Å². The summed E-state index contributed by atoms with van der Waals surface area (Å²) < 4.78 is 1.73. The molecule has 0 radical (unpaired) electrons. The maximum absolute atomic E-state index is 12.5. The fourth-order valence-corrected chi connectivity index (χ4v) is 3.94. The number of carbonyl (C=O) groups excluding carboxylic acids is 1. The number of hydrogen-bond acceptors (Lipinski definition) is 2. The van der Waals surface area contributed by atoms with E-state index in [4.69, 9.17) is 0 Å². The van der Waals surface area contributed by atoms with Crippen molar-refractivity contribution >= 4 is 49.4 Å². The Labute approximate surface area is 138 Å². The van der Waals surface area contributed by atoms with E-state index in [-0.39, 0.29) is 17.7 Å². The molecule has 1 saturated carbocycles. The highest BCUT2D eigenvalue weighted by Crippen LogP contribution is 2.48. The number of anilines is 1. The number of aliphatic carboxylic acids is 1. The second-order valence-corrected chi connectivity index (χ2v) is 7.16. The first-order chi connectivity index (χ1) is 9.97. The van der Waals surface area contributed by atoms with E-state index >= 15 is 0 Å². The summed E-state index contributed by atoms with van der Waals surface area (Å²) in [5.74, 6) is -2.17. The van der Waals surface area contributed by atoms with Crippen LogP contribution < -0.4 is 5.32 Å². The van der Waals surface area contributed by atoms with Gasteiger partial charge in [-0.3, -0.25) is 9.59 Å². The highest BCUT2D eigenvalue weighted by molar-refractivity contribution is 9.13. The minimum absolute atomic E-state index is 0.0140. The Morgan fingerprint density at radius 1 is 1.10 bits per heavy atom. The Bertz CT molecular complexity index is 644. The quantitative estimate of drug-likeness (QED) is 0.741. The van der Waals surface area contributed by atoms with Gasteiger partial charge in [-0.15, -0.1) is 0 Å². The van der Waals surface area contributed by atoms with Crippen LogP contribution in [-0.2, 0) is 9.59 Å². The van der Waals surface area contributed by atoms with Crippen LogP contribution in [-0.4, -0.2) is 17.0 Å². The van der Waals surface area contributed by atoms with E-state index in [2.05, 4.69) is 37.2 Å². The second-order valence-electron chi connectivity index (χ2n) is 5.46. The molecule has 2 aliphatic carbocycles. The Morgan fingerprint density at radius 2 is 1.76 bits per heavy atom. The lowest BCUT2D eigenvalue weighted by Gasteiger charge is -2.23.